The van der Waals surface area contributed by atoms with Crippen molar-refractivity contribution < 1.29 is 9.59 Å². The van der Waals surface area contributed by atoms with E-state index in [-0.39, 0.29) is 11.8 Å². The smallest absolute Gasteiger partial charge is 0.274 e. The predicted molar refractivity (Wildman–Crippen MR) is 92.1 cm³/mol. The Kier molecular flexibility index (Phi) is 4.41. The highest BCUT2D eigenvalue weighted by Crippen LogP contribution is 2.24. The molecule has 0 spiro atoms. The van der Waals surface area contributed by atoms with Crippen molar-refractivity contribution in [1.29, 1.82) is 0 Å². The van der Waals surface area contributed by atoms with Gasteiger partial charge >= 0.3 is 0 Å². The molecule has 24 heavy (non-hydrogen) atoms. The van der Waals surface area contributed by atoms with E-state index >= 15 is 0 Å². The zero-order valence-electron chi connectivity index (χ0n) is 13.6. The van der Waals surface area contributed by atoms with Crippen molar-refractivity contribution >= 4 is 29.0 Å². The van der Waals surface area contributed by atoms with Crippen molar-refractivity contribution in [3.63, 3.8) is 0 Å². The largest absolute Gasteiger partial charge is 0.367 e. The molecule has 7 nitrogen and oxygen atoms in total. The molecule has 1 heterocycles. The normalized spacial score (nSPS) is 13.2. The summed E-state index contributed by atoms with van der Waals surface area (Å²) >= 11 is 0. The molecule has 0 aliphatic heterocycles. The van der Waals surface area contributed by atoms with Gasteiger partial charge in [0, 0.05) is 30.4 Å². The van der Waals surface area contributed by atoms with Crippen molar-refractivity contribution in [3.05, 3.63) is 41.9 Å². The monoisotopic (exact) mass is 325 g/mol. The number of rotatable bonds is 5. The van der Waals surface area contributed by atoms with E-state index < -0.39 is 0 Å². The van der Waals surface area contributed by atoms with Gasteiger partial charge in [-0.25, -0.2) is 9.97 Å². The van der Waals surface area contributed by atoms with Crippen molar-refractivity contribution in [3.8, 4) is 0 Å². The fraction of sp³-hybridized carbons (Fsp3) is 0.294. The molecule has 1 fully saturated rings. The highest BCUT2D eigenvalue weighted by molar-refractivity contribution is 6.03. The molecule has 1 aliphatic rings. The van der Waals surface area contributed by atoms with E-state index in [1.54, 1.807) is 37.3 Å². The molecule has 1 aliphatic carbocycles. The Morgan fingerprint density at radius 1 is 1.04 bits per heavy atom. The molecule has 0 bridgehead atoms. The summed E-state index contributed by atoms with van der Waals surface area (Å²) in [7, 11) is 0. The maximum Gasteiger partial charge on any atom is 0.274 e. The topological polar surface area (TPSA) is 96.0 Å². The standard InChI is InChI=1S/C17H19N5O2/c1-10-18-15(9-16(19-10)21-13-5-6-13)17(24)22-14-7-3-12(4-8-14)20-11(2)23/h3-4,7-9,13H,5-6H2,1-2H3,(H,20,23)(H,22,24)(H,18,19,21). The molecule has 1 aromatic carbocycles. The van der Waals surface area contributed by atoms with Crippen LogP contribution >= 0.6 is 0 Å². The Labute approximate surface area is 139 Å². The van der Waals surface area contributed by atoms with Crippen LogP contribution in [0, 0.1) is 6.92 Å². The van der Waals surface area contributed by atoms with Crippen LogP contribution in [0.3, 0.4) is 0 Å². The molecule has 0 unspecified atom stereocenters. The van der Waals surface area contributed by atoms with Crippen LogP contribution in [-0.2, 0) is 4.79 Å². The van der Waals surface area contributed by atoms with E-state index in [0.29, 0.717) is 34.8 Å². The summed E-state index contributed by atoms with van der Waals surface area (Å²) in [5.41, 5.74) is 1.62. The molecule has 0 saturated heterocycles. The second kappa shape index (κ2) is 6.66. The molecule has 0 radical (unpaired) electrons. The van der Waals surface area contributed by atoms with Gasteiger partial charge in [0.2, 0.25) is 5.91 Å². The highest BCUT2D eigenvalue weighted by atomic mass is 16.2. The van der Waals surface area contributed by atoms with Crippen LogP contribution in [0.15, 0.2) is 30.3 Å². The summed E-state index contributed by atoms with van der Waals surface area (Å²) in [4.78, 5) is 31.9. The molecular weight excluding hydrogens is 306 g/mol. The maximum absolute atomic E-state index is 12.4. The van der Waals surface area contributed by atoms with E-state index in [0.717, 1.165) is 12.8 Å². The third-order valence-electron chi connectivity index (χ3n) is 3.46. The van der Waals surface area contributed by atoms with E-state index in [2.05, 4.69) is 25.9 Å². The van der Waals surface area contributed by atoms with E-state index in [1.165, 1.54) is 6.92 Å². The van der Waals surface area contributed by atoms with Crippen molar-refractivity contribution in [2.75, 3.05) is 16.0 Å². The molecule has 2 aromatic rings. The molecule has 124 valence electrons. The van der Waals surface area contributed by atoms with Crippen LogP contribution in [0.2, 0.25) is 0 Å². The average molecular weight is 325 g/mol. The lowest BCUT2D eigenvalue weighted by Gasteiger charge is -2.09. The molecule has 1 aromatic heterocycles. The number of carbonyl (C=O) groups is 2. The van der Waals surface area contributed by atoms with Gasteiger partial charge in [0.1, 0.15) is 17.3 Å². The first kappa shape index (κ1) is 15.9. The van der Waals surface area contributed by atoms with Crippen LogP contribution in [-0.4, -0.2) is 27.8 Å². The molecule has 2 amide bonds. The number of nitrogens with zero attached hydrogens (tertiary/aromatic N) is 2. The zero-order chi connectivity index (χ0) is 17.1. The van der Waals surface area contributed by atoms with E-state index in [4.69, 9.17) is 0 Å². The SMILES string of the molecule is CC(=O)Nc1ccc(NC(=O)c2cc(NC3CC3)nc(C)n2)cc1. The van der Waals surface area contributed by atoms with Crippen LogP contribution < -0.4 is 16.0 Å². The van der Waals surface area contributed by atoms with Crippen LogP contribution in [0.25, 0.3) is 0 Å². The molecule has 1 saturated carbocycles. The Hall–Kier alpha value is -2.96. The lowest BCUT2D eigenvalue weighted by Crippen LogP contribution is -2.16. The molecular formula is C17H19N5O2. The number of anilines is 3. The number of nitrogens with one attached hydrogen (secondary N) is 3. The quantitative estimate of drug-likeness (QED) is 0.785. The molecule has 0 atom stereocenters. The number of benzene rings is 1. The summed E-state index contributed by atoms with van der Waals surface area (Å²) in [6, 6.07) is 9.01. The van der Waals surface area contributed by atoms with Gasteiger partial charge in [-0.1, -0.05) is 0 Å². The average Bonchev–Trinajstić information content (AvgIpc) is 3.32. The first-order valence-electron chi connectivity index (χ1n) is 7.81. The van der Waals surface area contributed by atoms with E-state index in [1.807, 2.05) is 0 Å². The fourth-order valence-corrected chi connectivity index (χ4v) is 2.23. The second-order valence-electron chi connectivity index (χ2n) is 5.82. The molecule has 3 N–H and O–H groups in total. The number of aromatic nitrogens is 2. The zero-order valence-corrected chi connectivity index (χ0v) is 13.6. The highest BCUT2D eigenvalue weighted by Gasteiger charge is 2.22. The van der Waals surface area contributed by atoms with Crippen molar-refractivity contribution in [1.82, 2.24) is 9.97 Å². The third kappa shape index (κ3) is 4.28. The minimum atomic E-state index is -0.299. The van der Waals surface area contributed by atoms with Crippen LogP contribution in [0.1, 0.15) is 36.1 Å². The number of aryl methyl sites for hydroxylation is 1. The number of hydrogen-bond acceptors (Lipinski definition) is 5. The number of hydrogen-bond donors (Lipinski definition) is 3. The molecule has 7 heteroatoms. The minimum absolute atomic E-state index is 0.140. The Morgan fingerprint density at radius 3 is 2.25 bits per heavy atom. The summed E-state index contributed by atoms with van der Waals surface area (Å²) in [5.74, 6) is 0.786. The van der Waals surface area contributed by atoms with Crippen molar-refractivity contribution in [2.45, 2.75) is 32.7 Å². The Bertz CT molecular complexity index is 769. The summed E-state index contributed by atoms with van der Waals surface area (Å²) in [6.45, 7) is 3.21. The minimum Gasteiger partial charge on any atom is -0.367 e. The van der Waals surface area contributed by atoms with E-state index in [9.17, 15) is 9.59 Å². The Balaban J connectivity index is 1.69. The van der Waals surface area contributed by atoms with Gasteiger partial charge in [0.25, 0.3) is 5.91 Å². The van der Waals surface area contributed by atoms with Gasteiger partial charge in [-0.15, -0.1) is 0 Å². The lowest BCUT2D eigenvalue weighted by molar-refractivity contribution is -0.114. The Morgan fingerprint density at radius 2 is 1.67 bits per heavy atom. The van der Waals surface area contributed by atoms with Gasteiger partial charge < -0.3 is 16.0 Å². The van der Waals surface area contributed by atoms with Gasteiger partial charge in [-0.05, 0) is 44.0 Å². The van der Waals surface area contributed by atoms with Gasteiger partial charge in [0.15, 0.2) is 0 Å². The van der Waals surface area contributed by atoms with Crippen LogP contribution in [0.5, 0.6) is 0 Å². The fourth-order valence-electron chi connectivity index (χ4n) is 2.23. The number of amides is 2. The van der Waals surface area contributed by atoms with Crippen LogP contribution in [0.4, 0.5) is 17.2 Å². The van der Waals surface area contributed by atoms with Crippen molar-refractivity contribution in [2.24, 2.45) is 0 Å². The van der Waals surface area contributed by atoms with Gasteiger partial charge in [-0.2, -0.15) is 0 Å². The summed E-state index contributed by atoms with van der Waals surface area (Å²) in [6.07, 6.45) is 2.26. The first-order chi connectivity index (χ1) is 11.5. The summed E-state index contributed by atoms with van der Waals surface area (Å²) < 4.78 is 0. The third-order valence-corrected chi connectivity index (χ3v) is 3.46. The second-order valence-corrected chi connectivity index (χ2v) is 5.82. The summed E-state index contributed by atoms with van der Waals surface area (Å²) in [5, 5.41) is 8.74. The first-order valence-corrected chi connectivity index (χ1v) is 7.81. The van der Waals surface area contributed by atoms with Gasteiger partial charge in [-0.3, -0.25) is 9.59 Å². The predicted octanol–water partition coefficient (Wildman–Crippen LogP) is 2.57. The molecule has 3 rings (SSSR count). The van der Waals surface area contributed by atoms with Gasteiger partial charge in [0.05, 0.1) is 0 Å². The maximum atomic E-state index is 12.4. The lowest BCUT2D eigenvalue weighted by atomic mass is 10.2. The number of carbonyl (C=O) groups excluding carboxylic acids is 2.